The first-order valence-electron chi connectivity index (χ1n) is 13.9. The first kappa shape index (κ1) is 27.6. The molecule has 0 spiro atoms. The second-order valence-corrected chi connectivity index (χ2v) is 10.4. The first-order chi connectivity index (χ1) is 19.4. The Morgan fingerprint density at radius 2 is 1.80 bits per heavy atom. The number of nitrogens with zero attached hydrogens (tertiary/aromatic N) is 7. The molecule has 0 radical (unpaired) electrons. The van der Waals surface area contributed by atoms with Crippen molar-refractivity contribution in [2.24, 2.45) is 0 Å². The number of anilines is 2. The molecule has 0 atom stereocenters. The zero-order valence-corrected chi connectivity index (χ0v) is 23.5. The van der Waals surface area contributed by atoms with Gasteiger partial charge in [0.1, 0.15) is 0 Å². The molecule has 1 aromatic carbocycles. The SMILES string of the molecule is CCOC(=O)N1CC=C(c2cccn3nc(Nc4ccc(C(=O)N5CCN(CCN(C)C)CC5)cc4)nc23)CC1. The fourth-order valence-electron chi connectivity index (χ4n) is 5.03. The maximum absolute atomic E-state index is 13.1. The van der Waals surface area contributed by atoms with Crippen molar-refractivity contribution in [3.05, 3.63) is 59.8 Å². The lowest BCUT2D eigenvalue weighted by atomic mass is 10.0. The third kappa shape index (κ3) is 6.43. The van der Waals surface area contributed by atoms with Gasteiger partial charge in [-0.15, -0.1) is 5.10 Å². The quantitative estimate of drug-likeness (QED) is 0.461. The third-order valence-corrected chi connectivity index (χ3v) is 7.35. The van der Waals surface area contributed by atoms with Crippen LogP contribution in [-0.2, 0) is 4.74 Å². The lowest BCUT2D eigenvalue weighted by molar-refractivity contribution is 0.0629. The van der Waals surface area contributed by atoms with Crippen molar-refractivity contribution in [1.82, 2.24) is 34.2 Å². The molecule has 40 heavy (non-hydrogen) atoms. The molecule has 11 nitrogen and oxygen atoms in total. The molecule has 4 heterocycles. The number of benzene rings is 1. The van der Waals surface area contributed by atoms with Gasteiger partial charge in [0.15, 0.2) is 5.65 Å². The molecule has 11 heteroatoms. The number of nitrogens with one attached hydrogen (secondary N) is 1. The van der Waals surface area contributed by atoms with Crippen LogP contribution in [0.1, 0.15) is 29.3 Å². The Hall–Kier alpha value is -3.96. The van der Waals surface area contributed by atoms with Crippen LogP contribution < -0.4 is 5.32 Å². The summed E-state index contributed by atoms with van der Waals surface area (Å²) in [5.74, 6) is 0.543. The third-order valence-electron chi connectivity index (χ3n) is 7.35. The number of aromatic nitrogens is 3. The minimum atomic E-state index is -0.282. The van der Waals surface area contributed by atoms with Crippen LogP contribution in [0.2, 0.25) is 0 Å². The summed E-state index contributed by atoms with van der Waals surface area (Å²) in [5, 5.41) is 7.86. The Morgan fingerprint density at radius 1 is 1.02 bits per heavy atom. The minimum Gasteiger partial charge on any atom is -0.450 e. The monoisotopic (exact) mass is 546 g/mol. The van der Waals surface area contributed by atoms with Gasteiger partial charge in [0.25, 0.3) is 5.91 Å². The van der Waals surface area contributed by atoms with E-state index in [9.17, 15) is 9.59 Å². The van der Waals surface area contributed by atoms with Crippen molar-refractivity contribution >= 4 is 34.9 Å². The standard InChI is InChI=1S/C29H38N8O3/c1-4-40-29(39)36-14-11-22(12-15-36)25-6-5-13-37-26(25)31-28(32-37)30-24-9-7-23(8-10-24)27(38)35-20-18-34(19-21-35)17-16-33(2)3/h5-11,13H,4,12,14-21H2,1-3H3,(H,30,32). The number of amides is 2. The van der Waals surface area contributed by atoms with E-state index in [1.165, 1.54) is 0 Å². The van der Waals surface area contributed by atoms with Crippen LogP contribution in [0, 0.1) is 0 Å². The highest BCUT2D eigenvalue weighted by Gasteiger charge is 2.23. The molecule has 1 N–H and O–H groups in total. The summed E-state index contributed by atoms with van der Waals surface area (Å²) in [4.78, 5) is 38.1. The van der Waals surface area contributed by atoms with Gasteiger partial charge < -0.3 is 24.8 Å². The molecule has 0 saturated carbocycles. The highest BCUT2D eigenvalue weighted by Crippen LogP contribution is 2.27. The number of ether oxygens (including phenoxy) is 1. The predicted octanol–water partition coefficient (Wildman–Crippen LogP) is 3.04. The number of likely N-dealkylation sites (N-methyl/N-ethyl adjacent to an activating group) is 1. The van der Waals surface area contributed by atoms with E-state index in [-0.39, 0.29) is 12.0 Å². The Kier molecular flexibility index (Phi) is 8.61. The molecule has 0 aliphatic carbocycles. The summed E-state index contributed by atoms with van der Waals surface area (Å²) in [6.07, 6.45) is 4.36. The van der Waals surface area contributed by atoms with Gasteiger partial charge in [-0.25, -0.2) is 9.31 Å². The maximum Gasteiger partial charge on any atom is 0.410 e. The molecule has 212 valence electrons. The van der Waals surface area contributed by atoms with Gasteiger partial charge in [0, 0.05) is 75.4 Å². The smallest absolute Gasteiger partial charge is 0.410 e. The number of pyridine rings is 1. The van der Waals surface area contributed by atoms with Gasteiger partial charge in [-0.05, 0) is 69.4 Å². The number of fused-ring (bicyclic) bond motifs is 1. The van der Waals surface area contributed by atoms with Crippen LogP contribution in [0.4, 0.5) is 16.4 Å². The van der Waals surface area contributed by atoms with Gasteiger partial charge >= 0.3 is 6.09 Å². The van der Waals surface area contributed by atoms with Crippen molar-refractivity contribution < 1.29 is 14.3 Å². The average Bonchev–Trinajstić information content (AvgIpc) is 3.39. The summed E-state index contributed by atoms with van der Waals surface area (Å²) in [5.41, 5.74) is 4.36. The molecule has 0 unspecified atom stereocenters. The summed E-state index contributed by atoms with van der Waals surface area (Å²) in [6, 6.07) is 11.5. The molecule has 1 fully saturated rings. The second kappa shape index (κ2) is 12.5. The van der Waals surface area contributed by atoms with E-state index in [0.717, 1.165) is 61.7 Å². The minimum absolute atomic E-state index is 0.0663. The second-order valence-electron chi connectivity index (χ2n) is 10.4. The van der Waals surface area contributed by atoms with Gasteiger partial charge in [-0.1, -0.05) is 6.08 Å². The summed E-state index contributed by atoms with van der Waals surface area (Å²) in [7, 11) is 4.16. The van der Waals surface area contributed by atoms with Crippen molar-refractivity contribution in [1.29, 1.82) is 0 Å². The van der Waals surface area contributed by atoms with Crippen molar-refractivity contribution in [2.75, 3.05) is 78.4 Å². The van der Waals surface area contributed by atoms with Gasteiger partial charge in [-0.3, -0.25) is 9.69 Å². The summed E-state index contributed by atoms with van der Waals surface area (Å²) in [6.45, 7) is 8.64. The van der Waals surface area contributed by atoms with Crippen molar-refractivity contribution in [3.63, 3.8) is 0 Å². The van der Waals surface area contributed by atoms with E-state index in [2.05, 4.69) is 40.4 Å². The van der Waals surface area contributed by atoms with Crippen LogP contribution in [-0.4, -0.2) is 119 Å². The molecular formula is C29H38N8O3. The Bertz CT molecular complexity index is 1360. The van der Waals surface area contributed by atoms with Gasteiger partial charge in [0.2, 0.25) is 5.95 Å². The number of rotatable bonds is 8. The zero-order valence-electron chi connectivity index (χ0n) is 23.5. The molecule has 2 aromatic heterocycles. The lowest BCUT2D eigenvalue weighted by Crippen LogP contribution is -2.49. The topological polar surface area (TPSA) is 98.5 Å². The number of hydrogen-bond acceptors (Lipinski definition) is 8. The lowest BCUT2D eigenvalue weighted by Gasteiger charge is -2.35. The van der Waals surface area contributed by atoms with Crippen molar-refractivity contribution in [3.8, 4) is 0 Å². The normalized spacial score (nSPS) is 16.4. The van der Waals surface area contributed by atoms with E-state index >= 15 is 0 Å². The largest absolute Gasteiger partial charge is 0.450 e. The predicted molar refractivity (Wildman–Crippen MR) is 155 cm³/mol. The number of piperazine rings is 1. The average molecular weight is 547 g/mol. The van der Waals surface area contributed by atoms with Gasteiger partial charge in [-0.2, -0.15) is 4.98 Å². The molecule has 2 amide bonds. The number of carbonyl (C=O) groups is 2. The van der Waals surface area contributed by atoms with Crippen molar-refractivity contribution in [2.45, 2.75) is 13.3 Å². The van der Waals surface area contributed by atoms with E-state index < -0.39 is 0 Å². The van der Waals surface area contributed by atoms with E-state index in [0.29, 0.717) is 37.6 Å². The molecule has 0 bridgehead atoms. The molecule has 2 aliphatic heterocycles. The van der Waals surface area contributed by atoms with Crippen LogP contribution in [0.25, 0.3) is 11.2 Å². The van der Waals surface area contributed by atoms with Crippen LogP contribution in [0.5, 0.6) is 0 Å². The fourth-order valence-corrected chi connectivity index (χ4v) is 5.03. The Balaban J connectivity index is 1.21. The Labute approximate surface area is 235 Å². The van der Waals surface area contributed by atoms with E-state index in [4.69, 9.17) is 9.72 Å². The number of carbonyl (C=O) groups excluding carboxylic acids is 2. The highest BCUT2D eigenvalue weighted by molar-refractivity contribution is 5.94. The Morgan fingerprint density at radius 3 is 2.48 bits per heavy atom. The zero-order chi connectivity index (χ0) is 28.1. The molecule has 5 rings (SSSR count). The number of hydrogen-bond donors (Lipinski definition) is 1. The van der Waals surface area contributed by atoms with E-state index in [1.807, 2.05) is 54.4 Å². The van der Waals surface area contributed by atoms with Crippen LogP contribution >= 0.6 is 0 Å². The highest BCUT2D eigenvalue weighted by atomic mass is 16.6. The molecule has 1 saturated heterocycles. The molecule has 3 aromatic rings. The molecule has 2 aliphatic rings. The molecular weight excluding hydrogens is 508 g/mol. The summed E-state index contributed by atoms with van der Waals surface area (Å²) >= 11 is 0. The summed E-state index contributed by atoms with van der Waals surface area (Å²) < 4.78 is 6.88. The van der Waals surface area contributed by atoms with Crippen LogP contribution in [0.15, 0.2) is 48.7 Å². The fraction of sp³-hybridized carbons (Fsp3) is 0.448. The van der Waals surface area contributed by atoms with Gasteiger partial charge in [0.05, 0.1) is 6.61 Å². The van der Waals surface area contributed by atoms with E-state index in [1.54, 1.807) is 9.42 Å². The maximum atomic E-state index is 13.1. The van der Waals surface area contributed by atoms with Crippen LogP contribution in [0.3, 0.4) is 0 Å². The first-order valence-corrected chi connectivity index (χ1v) is 13.9.